The maximum atomic E-state index is 10.9. The molecular weight excluding hydrogens is 292 g/mol. The highest BCUT2D eigenvalue weighted by molar-refractivity contribution is 5.81. The molecule has 0 saturated carbocycles. The Bertz CT molecular complexity index is 333. The molecule has 0 aromatic heterocycles. The van der Waals surface area contributed by atoms with Crippen LogP contribution in [0.5, 0.6) is 0 Å². The molecule has 0 amide bonds. The topological polar surface area (TPSA) is 91.3 Å². The molecule has 0 bridgehead atoms. The SMILES string of the molecule is C=CC(=O)OC(C)COCC(O)COCC(C)OC(=O)C=C. The molecule has 126 valence electrons. The highest BCUT2D eigenvalue weighted by atomic mass is 16.6. The summed E-state index contributed by atoms with van der Waals surface area (Å²) in [6, 6.07) is 0. The highest BCUT2D eigenvalue weighted by Gasteiger charge is 2.11. The lowest BCUT2D eigenvalue weighted by Crippen LogP contribution is -2.28. The smallest absolute Gasteiger partial charge is 0.330 e. The van der Waals surface area contributed by atoms with Crippen LogP contribution in [0.1, 0.15) is 13.8 Å². The van der Waals surface area contributed by atoms with E-state index in [0.29, 0.717) is 0 Å². The fourth-order valence-electron chi connectivity index (χ4n) is 1.35. The summed E-state index contributed by atoms with van der Waals surface area (Å²) in [7, 11) is 0. The van der Waals surface area contributed by atoms with E-state index in [2.05, 4.69) is 13.2 Å². The maximum absolute atomic E-state index is 10.9. The Morgan fingerprint density at radius 3 is 1.59 bits per heavy atom. The van der Waals surface area contributed by atoms with Gasteiger partial charge in [0.2, 0.25) is 0 Å². The second kappa shape index (κ2) is 11.9. The molecule has 1 N–H and O–H groups in total. The highest BCUT2D eigenvalue weighted by Crippen LogP contribution is 1.98. The first kappa shape index (κ1) is 20.3. The first-order chi connectivity index (χ1) is 10.4. The van der Waals surface area contributed by atoms with Crippen LogP contribution < -0.4 is 0 Å². The maximum Gasteiger partial charge on any atom is 0.330 e. The van der Waals surface area contributed by atoms with Crippen molar-refractivity contribution in [2.45, 2.75) is 32.2 Å². The lowest BCUT2D eigenvalue weighted by molar-refractivity contribution is -0.146. The Labute approximate surface area is 130 Å². The number of carbonyl (C=O) groups excluding carboxylic acids is 2. The normalized spacial score (nSPS) is 14.5. The van der Waals surface area contributed by atoms with Gasteiger partial charge in [-0.25, -0.2) is 9.59 Å². The van der Waals surface area contributed by atoms with E-state index in [4.69, 9.17) is 18.9 Å². The Balaban J connectivity index is 3.67. The summed E-state index contributed by atoms with van der Waals surface area (Å²) < 4.78 is 20.2. The van der Waals surface area contributed by atoms with Crippen molar-refractivity contribution in [1.82, 2.24) is 0 Å². The van der Waals surface area contributed by atoms with Crippen molar-refractivity contribution in [1.29, 1.82) is 0 Å². The van der Waals surface area contributed by atoms with E-state index in [1.54, 1.807) is 13.8 Å². The minimum absolute atomic E-state index is 0.0385. The van der Waals surface area contributed by atoms with Gasteiger partial charge in [-0.3, -0.25) is 0 Å². The van der Waals surface area contributed by atoms with E-state index in [-0.39, 0.29) is 26.4 Å². The molecule has 2 unspecified atom stereocenters. The number of rotatable bonds is 12. The van der Waals surface area contributed by atoms with Gasteiger partial charge in [-0.2, -0.15) is 0 Å². The average molecular weight is 316 g/mol. The molecule has 0 rings (SSSR count). The number of carbonyl (C=O) groups is 2. The van der Waals surface area contributed by atoms with Gasteiger partial charge in [0, 0.05) is 12.2 Å². The molecule has 0 heterocycles. The van der Waals surface area contributed by atoms with E-state index in [1.165, 1.54) is 0 Å². The van der Waals surface area contributed by atoms with Gasteiger partial charge >= 0.3 is 11.9 Å². The van der Waals surface area contributed by atoms with Gasteiger partial charge in [0.25, 0.3) is 0 Å². The van der Waals surface area contributed by atoms with E-state index in [9.17, 15) is 14.7 Å². The molecule has 0 aromatic carbocycles. The van der Waals surface area contributed by atoms with Crippen LogP contribution >= 0.6 is 0 Å². The monoisotopic (exact) mass is 316 g/mol. The first-order valence-electron chi connectivity index (χ1n) is 6.88. The second-order valence-electron chi connectivity index (χ2n) is 4.63. The van der Waals surface area contributed by atoms with Crippen LogP contribution in [0.15, 0.2) is 25.3 Å². The van der Waals surface area contributed by atoms with E-state index in [0.717, 1.165) is 12.2 Å². The van der Waals surface area contributed by atoms with E-state index >= 15 is 0 Å². The zero-order valence-electron chi connectivity index (χ0n) is 13.0. The lowest BCUT2D eigenvalue weighted by atomic mass is 10.4. The number of ether oxygens (including phenoxy) is 4. The van der Waals surface area contributed by atoms with Crippen molar-refractivity contribution in [2.24, 2.45) is 0 Å². The fourth-order valence-corrected chi connectivity index (χ4v) is 1.35. The summed E-state index contributed by atoms with van der Waals surface area (Å²) in [6.45, 7) is 10.3. The number of aliphatic hydroxyl groups excluding tert-OH is 1. The molecule has 0 aromatic rings. The second-order valence-corrected chi connectivity index (χ2v) is 4.63. The minimum atomic E-state index is -0.829. The molecule has 22 heavy (non-hydrogen) atoms. The van der Waals surface area contributed by atoms with Crippen LogP contribution in [0.3, 0.4) is 0 Å². The number of esters is 2. The quantitative estimate of drug-likeness (QED) is 0.417. The zero-order valence-corrected chi connectivity index (χ0v) is 13.0. The number of aliphatic hydroxyl groups is 1. The van der Waals surface area contributed by atoms with Crippen molar-refractivity contribution in [3.8, 4) is 0 Å². The average Bonchev–Trinajstić information content (AvgIpc) is 2.46. The summed E-state index contributed by atoms with van der Waals surface area (Å²) in [6.07, 6.45) is 0.442. The third-order valence-corrected chi connectivity index (χ3v) is 2.29. The van der Waals surface area contributed by atoms with Gasteiger partial charge in [0.15, 0.2) is 0 Å². The predicted octanol–water partition coefficient (Wildman–Crippen LogP) is 0.616. The van der Waals surface area contributed by atoms with Crippen molar-refractivity contribution in [3.63, 3.8) is 0 Å². The van der Waals surface area contributed by atoms with Gasteiger partial charge in [-0.05, 0) is 13.8 Å². The van der Waals surface area contributed by atoms with Crippen LogP contribution in [0, 0.1) is 0 Å². The molecule has 0 aliphatic carbocycles. The summed E-state index contributed by atoms with van der Waals surface area (Å²) in [5, 5.41) is 9.63. The summed E-state index contributed by atoms with van der Waals surface area (Å²) >= 11 is 0. The molecule has 7 nitrogen and oxygen atoms in total. The predicted molar refractivity (Wildman–Crippen MR) is 79.1 cm³/mol. The molecule has 0 aliphatic heterocycles. The Kier molecular flexibility index (Phi) is 11.0. The number of hydrogen-bond acceptors (Lipinski definition) is 7. The van der Waals surface area contributed by atoms with Gasteiger partial charge < -0.3 is 24.1 Å². The Hall–Kier alpha value is -1.70. The van der Waals surface area contributed by atoms with Crippen molar-refractivity contribution < 1.29 is 33.6 Å². The molecule has 0 radical (unpaired) electrons. The van der Waals surface area contributed by atoms with E-state index in [1.807, 2.05) is 0 Å². The Morgan fingerprint density at radius 2 is 1.27 bits per heavy atom. The van der Waals surface area contributed by atoms with Gasteiger partial charge in [0.1, 0.15) is 18.3 Å². The van der Waals surface area contributed by atoms with Crippen LogP contribution in [0.2, 0.25) is 0 Å². The molecule has 7 heteroatoms. The lowest BCUT2D eigenvalue weighted by Gasteiger charge is -2.16. The number of hydrogen-bond donors (Lipinski definition) is 1. The van der Waals surface area contributed by atoms with Crippen molar-refractivity contribution in [2.75, 3.05) is 26.4 Å². The summed E-state index contributed by atoms with van der Waals surface area (Å²) in [5.74, 6) is -1.05. The zero-order chi connectivity index (χ0) is 17.0. The third-order valence-electron chi connectivity index (χ3n) is 2.29. The molecule has 2 atom stereocenters. The van der Waals surface area contributed by atoms with Crippen molar-refractivity contribution >= 4 is 11.9 Å². The van der Waals surface area contributed by atoms with Crippen LogP contribution in [-0.2, 0) is 28.5 Å². The van der Waals surface area contributed by atoms with Gasteiger partial charge in [0.05, 0.1) is 26.4 Å². The molecule has 0 spiro atoms. The first-order valence-corrected chi connectivity index (χ1v) is 6.88. The standard InChI is InChI=1S/C15H24O7/c1-5-14(17)21-11(3)7-19-9-13(16)10-20-8-12(4)22-15(18)6-2/h5-6,11-13,16H,1-2,7-10H2,3-4H3. The molecule has 0 aliphatic rings. The minimum Gasteiger partial charge on any atom is -0.457 e. The molecule has 0 saturated heterocycles. The van der Waals surface area contributed by atoms with Crippen LogP contribution in [0.25, 0.3) is 0 Å². The molecule has 0 fully saturated rings. The van der Waals surface area contributed by atoms with Crippen LogP contribution in [-0.4, -0.2) is 61.8 Å². The molecular formula is C15H24O7. The largest absolute Gasteiger partial charge is 0.457 e. The van der Waals surface area contributed by atoms with E-state index < -0.39 is 30.3 Å². The van der Waals surface area contributed by atoms with Gasteiger partial charge in [-0.1, -0.05) is 13.2 Å². The van der Waals surface area contributed by atoms with Gasteiger partial charge in [-0.15, -0.1) is 0 Å². The van der Waals surface area contributed by atoms with Crippen LogP contribution in [0.4, 0.5) is 0 Å². The summed E-state index contributed by atoms with van der Waals surface area (Å²) in [4.78, 5) is 21.8. The third kappa shape index (κ3) is 11.0. The Morgan fingerprint density at radius 1 is 0.909 bits per heavy atom. The fraction of sp³-hybridized carbons (Fsp3) is 0.600. The van der Waals surface area contributed by atoms with Crippen molar-refractivity contribution in [3.05, 3.63) is 25.3 Å². The summed E-state index contributed by atoms with van der Waals surface area (Å²) in [5.41, 5.74) is 0.